The molecule has 4 heteroatoms. The fraction of sp³-hybridized carbons (Fsp3) is 0.500. The summed E-state index contributed by atoms with van der Waals surface area (Å²) in [4.78, 5) is 4.33. The number of aryl methyl sites for hydroxylation is 1. The Hall–Kier alpha value is -0.740. The van der Waals surface area contributed by atoms with Crippen molar-refractivity contribution in [1.29, 1.82) is 0 Å². The van der Waals surface area contributed by atoms with Crippen LogP contribution in [-0.2, 0) is 5.75 Å². The Labute approximate surface area is 88.7 Å². The van der Waals surface area contributed by atoms with Gasteiger partial charge in [0.2, 0.25) is 0 Å². The van der Waals surface area contributed by atoms with Crippen LogP contribution in [0.4, 0.5) is 5.69 Å². The summed E-state index contributed by atoms with van der Waals surface area (Å²) in [6.07, 6.45) is 1.80. The highest BCUT2D eigenvalue weighted by Crippen LogP contribution is 2.21. The Morgan fingerprint density at radius 3 is 2.86 bits per heavy atom. The molecule has 0 bridgehead atoms. The Morgan fingerprint density at radius 2 is 2.21 bits per heavy atom. The summed E-state index contributed by atoms with van der Waals surface area (Å²) in [5, 5.41) is 8.65. The van der Waals surface area contributed by atoms with E-state index in [0.717, 1.165) is 34.0 Å². The van der Waals surface area contributed by atoms with Gasteiger partial charge in [0.05, 0.1) is 12.3 Å². The zero-order valence-corrected chi connectivity index (χ0v) is 9.40. The van der Waals surface area contributed by atoms with Crippen molar-refractivity contribution in [1.82, 2.24) is 4.98 Å². The van der Waals surface area contributed by atoms with Gasteiger partial charge in [0.1, 0.15) is 0 Å². The quantitative estimate of drug-likeness (QED) is 0.743. The van der Waals surface area contributed by atoms with E-state index >= 15 is 0 Å². The number of nitrogen functional groups attached to an aromatic ring is 1. The van der Waals surface area contributed by atoms with Crippen LogP contribution in [0.25, 0.3) is 0 Å². The summed E-state index contributed by atoms with van der Waals surface area (Å²) in [7, 11) is 0. The Morgan fingerprint density at radius 1 is 1.50 bits per heavy atom. The molecule has 3 N–H and O–H groups in total. The highest BCUT2D eigenvalue weighted by molar-refractivity contribution is 7.98. The summed E-state index contributed by atoms with van der Waals surface area (Å²) in [5.74, 6) is 1.56. The Kier molecular flexibility index (Phi) is 4.22. The Balaban J connectivity index is 2.73. The van der Waals surface area contributed by atoms with Crippen molar-refractivity contribution in [2.75, 3.05) is 18.1 Å². The summed E-state index contributed by atoms with van der Waals surface area (Å²) in [5.41, 5.74) is 9.83. The van der Waals surface area contributed by atoms with E-state index in [4.69, 9.17) is 10.8 Å². The topological polar surface area (TPSA) is 59.1 Å². The number of aromatic nitrogens is 1. The van der Waals surface area contributed by atoms with Crippen LogP contribution in [-0.4, -0.2) is 22.5 Å². The number of anilines is 1. The number of thioether (sulfide) groups is 1. The zero-order valence-electron chi connectivity index (χ0n) is 8.58. The van der Waals surface area contributed by atoms with Gasteiger partial charge < -0.3 is 10.8 Å². The number of aliphatic hydroxyl groups excluding tert-OH is 1. The maximum absolute atomic E-state index is 8.65. The molecule has 0 aromatic carbocycles. The maximum Gasteiger partial charge on any atom is 0.0552 e. The van der Waals surface area contributed by atoms with Gasteiger partial charge in [0.15, 0.2) is 0 Å². The third-order valence-electron chi connectivity index (χ3n) is 2.15. The first-order valence-electron chi connectivity index (χ1n) is 4.56. The molecular formula is C10H16N2OS. The van der Waals surface area contributed by atoms with Gasteiger partial charge in [0, 0.05) is 23.4 Å². The van der Waals surface area contributed by atoms with E-state index in [0.29, 0.717) is 0 Å². The number of nitrogens with zero attached hydrogens (tertiary/aromatic N) is 1. The predicted octanol–water partition coefficient (Wildman–Crippen LogP) is 1.51. The molecule has 0 saturated carbocycles. The molecule has 1 rings (SSSR count). The molecule has 0 atom stereocenters. The monoisotopic (exact) mass is 212 g/mol. The molecule has 78 valence electrons. The number of nitrogens with two attached hydrogens (primary N) is 1. The summed E-state index contributed by atoms with van der Waals surface area (Å²) >= 11 is 1.67. The van der Waals surface area contributed by atoms with E-state index in [9.17, 15) is 0 Å². The van der Waals surface area contributed by atoms with Crippen LogP contribution in [0.5, 0.6) is 0 Å². The van der Waals surface area contributed by atoms with Gasteiger partial charge in [-0.2, -0.15) is 11.8 Å². The average molecular weight is 212 g/mol. The number of aliphatic hydroxyl groups is 1. The van der Waals surface area contributed by atoms with Crippen molar-refractivity contribution in [3.8, 4) is 0 Å². The van der Waals surface area contributed by atoms with Gasteiger partial charge in [-0.15, -0.1) is 0 Å². The highest BCUT2D eigenvalue weighted by atomic mass is 32.2. The second kappa shape index (κ2) is 5.22. The highest BCUT2D eigenvalue weighted by Gasteiger charge is 2.05. The van der Waals surface area contributed by atoms with Crippen LogP contribution >= 0.6 is 11.8 Å². The summed E-state index contributed by atoms with van der Waals surface area (Å²) in [6, 6.07) is 0. The molecule has 0 amide bonds. The minimum atomic E-state index is 0.213. The SMILES string of the molecule is Cc1cnc(CSCCO)c(C)c1N. The molecule has 0 aliphatic heterocycles. The standard InChI is InChI=1S/C10H16N2OS/c1-7-5-12-9(6-14-4-3-13)8(2)10(7)11/h5,13H,3-4,6H2,1-2H3,(H2,11,12). The minimum absolute atomic E-state index is 0.213. The second-order valence-corrected chi connectivity index (χ2v) is 4.31. The lowest BCUT2D eigenvalue weighted by Gasteiger charge is -2.09. The van der Waals surface area contributed by atoms with E-state index in [1.54, 1.807) is 18.0 Å². The predicted molar refractivity (Wildman–Crippen MR) is 61.4 cm³/mol. The van der Waals surface area contributed by atoms with Gasteiger partial charge >= 0.3 is 0 Å². The number of pyridine rings is 1. The molecule has 14 heavy (non-hydrogen) atoms. The fourth-order valence-electron chi connectivity index (χ4n) is 1.17. The first-order chi connectivity index (χ1) is 6.66. The smallest absolute Gasteiger partial charge is 0.0552 e. The first-order valence-corrected chi connectivity index (χ1v) is 5.71. The maximum atomic E-state index is 8.65. The normalized spacial score (nSPS) is 10.5. The van der Waals surface area contributed by atoms with E-state index in [-0.39, 0.29) is 6.61 Å². The second-order valence-electron chi connectivity index (χ2n) is 3.20. The van der Waals surface area contributed by atoms with Crippen LogP contribution < -0.4 is 5.73 Å². The van der Waals surface area contributed by atoms with Crippen LogP contribution in [0.1, 0.15) is 16.8 Å². The van der Waals surface area contributed by atoms with Crippen LogP contribution in [0.3, 0.4) is 0 Å². The first kappa shape index (κ1) is 11.3. The summed E-state index contributed by atoms with van der Waals surface area (Å²) < 4.78 is 0. The van der Waals surface area contributed by atoms with Gasteiger partial charge in [-0.05, 0) is 25.0 Å². The molecule has 0 unspecified atom stereocenters. The molecule has 0 spiro atoms. The minimum Gasteiger partial charge on any atom is -0.398 e. The third-order valence-corrected chi connectivity index (χ3v) is 3.10. The third kappa shape index (κ3) is 2.62. The molecule has 0 aliphatic carbocycles. The number of hydrogen-bond acceptors (Lipinski definition) is 4. The van der Waals surface area contributed by atoms with E-state index in [1.807, 2.05) is 13.8 Å². The molecule has 1 heterocycles. The van der Waals surface area contributed by atoms with Gasteiger partial charge in [-0.3, -0.25) is 4.98 Å². The van der Waals surface area contributed by atoms with Crippen molar-refractivity contribution in [3.05, 3.63) is 23.0 Å². The van der Waals surface area contributed by atoms with E-state index in [2.05, 4.69) is 4.98 Å². The summed E-state index contributed by atoms with van der Waals surface area (Å²) in [6.45, 7) is 4.16. The van der Waals surface area contributed by atoms with Crippen molar-refractivity contribution in [3.63, 3.8) is 0 Å². The molecule has 0 radical (unpaired) electrons. The van der Waals surface area contributed by atoms with Gasteiger partial charge in [-0.25, -0.2) is 0 Å². The van der Waals surface area contributed by atoms with Crippen molar-refractivity contribution in [2.45, 2.75) is 19.6 Å². The molecule has 0 aliphatic rings. The average Bonchev–Trinajstić information content (AvgIpc) is 2.18. The van der Waals surface area contributed by atoms with Gasteiger partial charge in [0.25, 0.3) is 0 Å². The fourth-order valence-corrected chi connectivity index (χ4v) is 1.93. The van der Waals surface area contributed by atoms with Crippen molar-refractivity contribution < 1.29 is 5.11 Å². The van der Waals surface area contributed by atoms with Crippen LogP contribution in [0.2, 0.25) is 0 Å². The molecular weight excluding hydrogens is 196 g/mol. The largest absolute Gasteiger partial charge is 0.398 e. The van der Waals surface area contributed by atoms with Crippen molar-refractivity contribution in [2.24, 2.45) is 0 Å². The lowest BCUT2D eigenvalue weighted by Crippen LogP contribution is -2.01. The van der Waals surface area contributed by atoms with Gasteiger partial charge in [-0.1, -0.05) is 0 Å². The molecule has 3 nitrogen and oxygen atoms in total. The van der Waals surface area contributed by atoms with E-state index < -0.39 is 0 Å². The molecule has 1 aromatic heterocycles. The molecule has 0 fully saturated rings. The van der Waals surface area contributed by atoms with Crippen molar-refractivity contribution >= 4 is 17.4 Å². The van der Waals surface area contributed by atoms with Crippen LogP contribution in [0, 0.1) is 13.8 Å². The molecule has 0 saturated heterocycles. The van der Waals surface area contributed by atoms with E-state index in [1.165, 1.54) is 0 Å². The zero-order chi connectivity index (χ0) is 10.6. The van der Waals surface area contributed by atoms with Crippen LogP contribution in [0.15, 0.2) is 6.20 Å². The number of hydrogen-bond donors (Lipinski definition) is 2. The molecule has 1 aromatic rings. The Bertz CT molecular complexity index is 315. The lowest BCUT2D eigenvalue weighted by molar-refractivity contribution is 0.322. The number of rotatable bonds is 4. The lowest BCUT2D eigenvalue weighted by atomic mass is 10.1.